The highest BCUT2D eigenvalue weighted by atomic mass is 32.2. The molecule has 0 aromatic carbocycles. The summed E-state index contributed by atoms with van der Waals surface area (Å²) in [7, 11) is 0. The number of hydrogen-bond acceptors (Lipinski definition) is 6. The largest absolute Gasteiger partial charge is 0.309 e. The van der Waals surface area contributed by atoms with Crippen LogP contribution >= 0.6 is 23.1 Å². The number of rotatable bonds is 4. The first-order valence-electron chi connectivity index (χ1n) is 7.62. The van der Waals surface area contributed by atoms with Crippen LogP contribution in [-0.2, 0) is 0 Å². The summed E-state index contributed by atoms with van der Waals surface area (Å²) in [5.74, 6) is 2.20. The van der Waals surface area contributed by atoms with Crippen molar-refractivity contribution in [3.63, 3.8) is 0 Å². The van der Waals surface area contributed by atoms with Gasteiger partial charge in [-0.15, -0.1) is 16.4 Å². The molecule has 3 heterocycles. The SMILES string of the molecule is Cc1sc2nc([C@@H](C)Sc3n[nH]c(C4CC4)n3)[nH]c(=O)c2c1C. The molecule has 1 aliphatic carbocycles. The van der Waals surface area contributed by atoms with Crippen molar-refractivity contribution in [2.24, 2.45) is 0 Å². The summed E-state index contributed by atoms with van der Waals surface area (Å²) in [6.07, 6.45) is 2.38. The zero-order valence-electron chi connectivity index (χ0n) is 13.1. The minimum absolute atomic E-state index is 0.0161. The van der Waals surface area contributed by atoms with E-state index in [1.165, 1.54) is 24.6 Å². The summed E-state index contributed by atoms with van der Waals surface area (Å²) in [6, 6.07) is 0. The first-order valence-corrected chi connectivity index (χ1v) is 9.31. The molecule has 0 spiro atoms. The average Bonchev–Trinajstić information content (AvgIpc) is 3.19. The molecule has 2 N–H and O–H groups in total. The molecule has 6 nitrogen and oxygen atoms in total. The standard InChI is InChI=1S/C15H17N5OS2/c1-6-7(2)22-14-10(6)13(21)16-11(17-14)8(3)23-15-18-12(19-20-15)9-4-5-9/h8-9H,4-5H2,1-3H3,(H,16,17,21)(H,18,19,20)/t8-/m1/s1. The molecule has 120 valence electrons. The number of thiophene rings is 1. The van der Waals surface area contributed by atoms with Crippen molar-refractivity contribution in [2.45, 2.75) is 49.9 Å². The lowest BCUT2D eigenvalue weighted by atomic mass is 10.2. The maximum atomic E-state index is 12.4. The molecule has 3 aromatic rings. The van der Waals surface area contributed by atoms with Crippen molar-refractivity contribution in [3.8, 4) is 0 Å². The van der Waals surface area contributed by atoms with E-state index in [2.05, 4.69) is 25.1 Å². The fourth-order valence-electron chi connectivity index (χ4n) is 2.53. The van der Waals surface area contributed by atoms with Gasteiger partial charge in [-0.3, -0.25) is 9.89 Å². The van der Waals surface area contributed by atoms with Crippen molar-refractivity contribution in [2.75, 3.05) is 0 Å². The molecule has 0 radical (unpaired) electrons. The smallest absolute Gasteiger partial charge is 0.259 e. The van der Waals surface area contributed by atoms with Crippen molar-refractivity contribution in [3.05, 3.63) is 32.4 Å². The fourth-order valence-corrected chi connectivity index (χ4v) is 4.35. The van der Waals surface area contributed by atoms with E-state index < -0.39 is 0 Å². The number of nitrogens with zero attached hydrogens (tertiary/aromatic N) is 3. The van der Waals surface area contributed by atoms with Crippen LogP contribution in [0.2, 0.25) is 0 Å². The van der Waals surface area contributed by atoms with Crippen LogP contribution < -0.4 is 5.56 Å². The first-order chi connectivity index (χ1) is 11.0. The lowest BCUT2D eigenvalue weighted by Gasteiger charge is -2.07. The van der Waals surface area contributed by atoms with Crippen LogP contribution in [-0.4, -0.2) is 25.1 Å². The molecule has 1 saturated carbocycles. The highest BCUT2D eigenvalue weighted by Gasteiger charge is 2.27. The maximum absolute atomic E-state index is 12.4. The third-order valence-corrected chi connectivity index (χ3v) is 6.24. The second kappa shape index (κ2) is 5.45. The zero-order valence-corrected chi connectivity index (χ0v) is 14.8. The first kappa shape index (κ1) is 14.9. The number of nitrogens with one attached hydrogen (secondary N) is 2. The Morgan fingerprint density at radius 3 is 2.83 bits per heavy atom. The third kappa shape index (κ3) is 2.70. The molecule has 0 amide bonds. The molecule has 23 heavy (non-hydrogen) atoms. The number of aromatic nitrogens is 5. The summed E-state index contributed by atoms with van der Waals surface area (Å²) < 4.78 is 0. The average molecular weight is 347 g/mol. The van der Waals surface area contributed by atoms with Crippen molar-refractivity contribution >= 4 is 33.3 Å². The van der Waals surface area contributed by atoms with Crippen LogP contribution in [0.25, 0.3) is 10.2 Å². The topological polar surface area (TPSA) is 87.3 Å². The van der Waals surface area contributed by atoms with E-state index in [1.54, 1.807) is 11.3 Å². The second-order valence-electron chi connectivity index (χ2n) is 5.95. The number of H-pyrrole nitrogens is 2. The molecular weight excluding hydrogens is 330 g/mol. The number of thioether (sulfide) groups is 1. The molecule has 0 bridgehead atoms. The van der Waals surface area contributed by atoms with Gasteiger partial charge in [0, 0.05) is 10.8 Å². The lowest BCUT2D eigenvalue weighted by Crippen LogP contribution is -2.12. The summed E-state index contributed by atoms with van der Waals surface area (Å²) in [5, 5.41) is 8.66. The van der Waals surface area contributed by atoms with E-state index in [9.17, 15) is 4.79 Å². The van der Waals surface area contributed by atoms with Gasteiger partial charge in [0.1, 0.15) is 16.5 Å². The Morgan fingerprint density at radius 1 is 1.30 bits per heavy atom. The Balaban J connectivity index is 1.63. The predicted molar refractivity (Wildman–Crippen MR) is 92.3 cm³/mol. The van der Waals surface area contributed by atoms with E-state index in [0.717, 1.165) is 21.1 Å². The van der Waals surface area contributed by atoms with Crippen molar-refractivity contribution in [1.82, 2.24) is 25.1 Å². The summed E-state index contributed by atoms with van der Waals surface area (Å²) in [4.78, 5) is 26.4. The van der Waals surface area contributed by atoms with Crippen LogP contribution in [0, 0.1) is 13.8 Å². The monoisotopic (exact) mass is 347 g/mol. The van der Waals surface area contributed by atoms with Gasteiger partial charge >= 0.3 is 0 Å². The molecule has 1 aliphatic rings. The highest BCUT2D eigenvalue weighted by molar-refractivity contribution is 7.99. The Labute approximate surface area is 141 Å². The molecule has 4 rings (SSSR count). The molecule has 0 unspecified atom stereocenters. The molecule has 8 heteroatoms. The summed E-state index contributed by atoms with van der Waals surface area (Å²) >= 11 is 3.08. The number of hydrogen-bond donors (Lipinski definition) is 2. The molecule has 1 atom stereocenters. The van der Waals surface area contributed by atoms with Gasteiger partial charge in [-0.05, 0) is 39.2 Å². The van der Waals surface area contributed by atoms with Crippen LogP contribution in [0.4, 0.5) is 0 Å². The number of aromatic amines is 2. The van der Waals surface area contributed by atoms with Gasteiger partial charge < -0.3 is 4.98 Å². The van der Waals surface area contributed by atoms with E-state index in [-0.39, 0.29) is 10.8 Å². The Hall–Kier alpha value is -1.67. The molecular formula is C15H17N5OS2. The normalized spacial score (nSPS) is 16.1. The van der Waals surface area contributed by atoms with Gasteiger partial charge in [0.25, 0.3) is 5.56 Å². The summed E-state index contributed by atoms with van der Waals surface area (Å²) in [5.41, 5.74) is 0.960. The van der Waals surface area contributed by atoms with Gasteiger partial charge in [0.15, 0.2) is 0 Å². The van der Waals surface area contributed by atoms with E-state index in [0.29, 0.717) is 22.3 Å². The predicted octanol–water partition coefficient (Wildman–Crippen LogP) is 3.45. The lowest BCUT2D eigenvalue weighted by molar-refractivity contribution is 0.905. The quantitative estimate of drug-likeness (QED) is 0.706. The molecule has 0 saturated heterocycles. The van der Waals surface area contributed by atoms with Gasteiger partial charge in [-0.25, -0.2) is 9.97 Å². The minimum Gasteiger partial charge on any atom is -0.309 e. The van der Waals surface area contributed by atoms with Crippen molar-refractivity contribution in [1.29, 1.82) is 0 Å². The van der Waals surface area contributed by atoms with Gasteiger partial charge in [0.05, 0.1) is 10.6 Å². The van der Waals surface area contributed by atoms with Crippen LogP contribution in [0.15, 0.2) is 9.95 Å². The van der Waals surface area contributed by atoms with Crippen LogP contribution in [0.3, 0.4) is 0 Å². The highest BCUT2D eigenvalue weighted by Crippen LogP contribution is 2.39. The number of fused-ring (bicyclic) bond motifs is 1. The second-order valence-corrected chi connectivity index (χ2v) is 8.46. The number of aryl methyl sites for hydroxylation is 2. The zero-order chi connectivity index (χ0) is 16.1. The Bertz CT molecular complexity index is 937. The van der Waals surface area contributed by atoms with Gasteiger partial charge in [-0.2, -0.15) is 0 Å². The summed E-state index contributed by atoms with van der Waals surface area (Å²) in [6.45, 7) is 6.00. The fraction of sp³-hybridized carbons (Fsp3) is 0.467. The maximum Gasteiger partial charge on any atom is 0.259 e. The molecule has 3 aromatic heterocycles. The van der Waals surface area contributed by atoms with Crippen molar-refractivity contribution < 1.29 is 0 Å². The molecule has 0 aliphatic heterocycles. The van der Waals surface area contributed by atoms with Gasteiger partial charge in [0.2, 0.25) is 5.16 Å². The van der Waals surface area contributed by atoms with Crippen LogP contribution in [0.5, 0.6) is 0 Å². The van der Waals surface area contributed by atoms with E-state index in [4.69, 9.17) is 0 Å². The van der Waals surface area contributed by atoms with E-state index in [1.807, 2.05) is 20.8 Å². The Morgan fingerprint density at radius 2 is 2.09 bits per heavy atom. The van der Waals surface area contributed by atoms with E-state index >= 15 is 0 Å². The molecule has 1 fully saturated rings. The minimum atomic E-state index is -0.0621. The van der Waals surface area contributed by atoms with Gasteiger partial charge in [-0.1, -0.05) is 11.8 Å². The Kier molecular flexibility index (Phi) is 3.53. The van der Waals surface area contributed by atoms with Crippen LogP contribution in [0.1, 0.15) is 53.0 Å². The third-order valence-electron chi connectivity index (χ3n) is 4.17.